The quantitative estimate of drug-likeness (QED) is 0.848. The van der Waals surface area contributed by atoms with Crippen LogP contribution in [0.25, 0.3) is 0 Å². The molecule has 1 heterocycles. The number of hydrogen-bond acceptors (Lipinski definition) is 2. The number of hydrogen-bond donors (Lipinski definition) is 1. The molecule has 0 aliphatic carbocycles. The van der Waals surface area contributed by atoms with Gasteiger partial charge in [-0.1, -0.05) is 19.1 Å². The molecule has 0 radical (unpaired) electrons. The molecule has 0 bridgehead atoms. The van der Waals surface area contributed by atoms with Gasteiger partial charge in [0.1, 0.15) is 5.82 Å². The minimum atomic E-state index is -0.183. The van der Waals surface area contributed by atoms with Gasteiger partial charge >= 0.3 is 0 Å². The standard InChI is InChI=1S/C15H18FNS/c1-3-12-8-9-18-15(12)10-17-11(2)13-4-6-14(16)7-5-13/h4-9,11,17H,3,10H2,1-2H3. The number of nitrogens with one attached hydrogen (secondary N) is 1. The summed E-state index contributed by atoms with van der Waals surface area (Å²) in [5.41, 5.74) is 2.53. The minimum absolute atomic E-state index is 0.183. The van der Waals surface area contributed by atoms with Crippen molar-refractivity contribution in [2.75, 3.05) is 0 Å². The van der Waals surface area contributed by atoms with Gasteiger partial charge in [0.2, 0.25) is 0 Å². The highest BCUT2D eigenvalue weighted by molar-refractivity contribution is 7.10. The van der Waals surface area contributed by atoms with Crippen LogP contribution in [-0.2, 0) is 13.0 Å². The van der Waals surface area contributed by atoms with Crippen molar-refractivity contribution in [2.24, 2.45) is 0 Å². The first-order valence-electron chi connectivity index (χ1n) is 6.24. The average molecular weight is 263 g/mol. The molecule has 2 rings (SSSR count). The third kappa shape index (κ3) is 3.18. The number of halogens is 1. The number of aryl methyl sites for hydroxylation is 1. The van der Waals surface area contributed by atoms with Gasteiger partial charge in [-0.2, -0.15) is 0 Å². The van der Waals surface area contributed by atoms with Gasteiger partial charge in [-0.25, -0.2) is 4.39 Å². The van der Waals surface area contributed by atoms with Crippen molar-refractivity contribution in [1.29, 1.82) is 0 Å². The Kier molecular flexibility index (Phi) is 4.50. The molecule has 0 saturated heterocycles. The Labute approximate surface area is 112 Å². The van der Waals surface area contributed by atoms with E-state index in [1.165, 1.54) is 22.6 Å². The van der Waals surface area contributed by atoms with E-state index in [4.69, 9.17) is 0 Å². The van der Waals surface area contributed by atoms with Crippen LogP contribution in [0, 0.1) is 5.82 Å². The number of thiophene rings is 1. The lowest BCUT2D eigenvalue weighted by molar-refractivity contribution is 0.573. The van der Waals surface area contributed by atoms with Gasteiger partial charge < -0.3 is 5.32 Å². The fourth-order valence-electron chi connectivity index (χ4n) is 1.95. The predicted octanol–water partition coefficient (Wildman–Crippen LogP) is 4.30. The van der Waals surface area contributed by atoms with Crippen LogP contribution >= 0.6 is 11.3 Å². The minimum Gasteiger partial charge on any atom is -0.305 e. The molecule has 18 heavy (non-hydrogen) atoms. The van der Waals surface area contributed by atoms with E-state index in [-0.39, 0.29) is 11.9 Å². The monoisotopic (exact) mass is 263 g/mol. The van der Waals surface area contributed by atoms with Crippen LogP contribution in [0.4, 0.5) is 4.39 Å². The Balaban J connectivity index is 1.96. The highest BCUT2D eigenvalue weighted by Crippen LogP contribution is 2.19. The molecule has 2 aromatic rings. The Bertz CT molecular complexity index is 489. The molecule has 1 unspecified atom stereocenters. The van der Waals surface area contributed by atoms with Gasteiger partial charge in [-0.15, -0.1) is 11.3 Å². The summed E-state index contributed by atoms with van der Waals surface area (Å²) in [6.45, 7) is 5.15. The van der Waals surface area contributed by atoms with Crippen LogP contribution < -0.4 is 5.32 Å². The van der Waals surface area contributed by atoms with Gasteiger partial charge in [0.05, 0.1) is 0 Å². The maximum Gasteiger partial charge on any atom is 0.123 e. The maximum absolute atomic E-state index is 12.8. The van der Waals surface area contributed by atoms with E-state index in [2.05, 4.69) is 30.6 Å². The Morgan fingerprint density at radius 2 is 1.94 bits per heavy atom. The first kappa shape index (κ1) is 13.2. The van der Waals surface area contributed by atoms with Gasteiger partial charge in [0.15, 0.2) is 0 Å². The van der Waals surface area contributed by atoms with Crippen molar-refractivity contribution in [2.45, 2.75) is 32.9 Å². The summed E-state index contributed by atoms with van der Waals surface area (Å²) in [4.78, 5) is 1.39. The summed E-state index contributed by atoms with van der Waals surface area (Å²) in [6.07, 6.45) is 1.07. The molecule has 1 aromatic heterocycles. The van der Waals surface area contributed by atoms with E-state index in [0.29, 0.717) is 0 Å². The molecule has 0 spiro atoms. The van der Waals surface area contributed by atoms with Crippen molar-refractivity contribution in [1.82, 2.24) is 5.32 Å². The number of rotatable bonds is 5. The van der Waals surface area contributed by atoms with E-state index in [1.807, 2.05) is 12.1 Å². The zero-order valence-electron chi connectivity index (χ0n) is 10.7. The maximum atomic E-state index is 12.8. The fraction of sp³-hybridized carbons (Fsp3) is 0.333. The highest BCUT2D eigenvalue weighted by Gasteiger charge is 2.07. The van der Waals surface area contributed by atoms with Gasteiger partial charge in [0.25, 0.3) is 0 Å². The molecule has 0 fully saturated rings. The molecule has 1 N–H and O–H groups in total. The SMILES string of the molecule is CCc1ccsc1CNC(C)c1ccc(F)cc1. The lowest BCUT2D eigenvalue weighted by atomic mass is 10.1. The van der Waals surface area contributed by atoms with Crippen molar-refractivity contribution in [3.63, 3.8) is 0 Å². The third-order valence-corrected chi connectivity index (χ3v) is 4.12. The molecule has 1 nitrogen and oxygen atoms in total. The third-order valence-electron chi connectivity index (χ3n) is 3.16. The van der Waals surface area contributed by atoms with Crippen LogP contribution in [0.1, 0.15) is 35.9 Å². The first-order chi connectivity index (χ1) is 8.70. The topological polar surface area (TPSA) is 12.0 Å². The van der Waals surface area contributed by atoms with E-state index < -0.39 is 0 Å². The molecule has 0 saturated carbocycles. The second kappa shape index (κ2) is 6.12. The Hall–Kier alpha value is -1.19. The average Bonchev–Trinajstić information content (AvgIpc) is 2.84. The van der Waals surface area contributed by atoms with Crippen LogP contribution in [0.5, 0.6) is 0 Å². The summed E-state index contributed by atoms with van der Waals surface area (Å²) in [5, 5.41) is 5.62. The van der Waals surface area contributed by atoms with Crippen molar-refractivity contribution >= 4 is 11.3 Å². The normalized spacial score (nSPS) is 12.6. The molecule has 0 aliphatic heterocycles. The molecule has 96 valence electrons. The van der Waals surface area contributed by atoms with Gasteiger partial charge in [0, 0.05) is 17.5 Å². The van der Waals surface area contributed by atoms with Crippen molar-refractivity contribution in [3.05, 3.63) is 57.5 Å². The predicted molar refractivity (Wildman–Crippen MR) is 75.4 cm³/mol. The molecular formula is C15H18FNS. The number of benzene rings is 1. The molecule has 1 atom stereocenters. The summed E-state index contributed by atoms with van der Waals surface area (Å²) in [6, 6.07) is 9.11. The summed E-state index contributed by atoms with van der Waals surface area (Å²) in [7, 11) is 0. The second-order valence-corrected chi connectivity index (χ2v) is 5.38. The van der Waals surface area contributed by atoms with Crippen LogP contribution in [0.15, 0.2) is 35.7 Å². The fourth-order valence-corrected chi connectivity index (χ4v) is 2.88. The van der Waals surface area contributed by atoms with Crippen molar-refractivity contribution in [3.8, 4) is 0 Å². The molecule has 3 heteroatoms. The summed E-state index contributed by atoms with van der Waals surface area (Å²) >= 11 is 1.79. The molecule has 0 aliphatic rings. The van der Waals surface area contributed by atoms with E-state index in [0.717, 1.165) is 18.5 Å². The summed E-state index contributed by atoms with van der Waals surface area (Å²) in [5.74, 6) is -0.183. The zero-order chi connectivity index (χ0) is 13.0. The largest absolute Gasteiger partial charge is 0.305 e. The zero-order valence-corrected chi connectivity index (χ0v) is 11.6. The molecule has 1 aromatic carbocycles. The highest BCUT2D eigenvalue weighted by atomic mass is 32.1. The van der Waals surface area contributed by atoms with E-state index >= 15 is 0 Å². The molecular weight excluding hydrogens is 245 g/mol. The van der Waals surface area contributed by atoms with Crippen LogP contribution in [-0.4, -0.2) is 0 Å². The molecule has 0 amide bonds. The van der Waals surface area contributed by atoms with Gasteiger partial charge in [-0.05, 0) is 48.1 Å². The van der Waals surface area contributed by atoms with Crippen LogP contribution in [0.2, 0.25) is 0 Å². The first-order valence-corrected chi connectivity index (χ1v) is 7.12. The Morgan fingerprint density at radius 1 is 1.22 bits per heavy atom. The van der Waals surface area contributed by atoms with E-state index in [1.54, 1.807) is 11.3 Å². The van der Waals surface area contributed by atoms with Crippen LogP contribution in [0.3, 0.4) is 0 Å². The van der Waals surface area contributed by atoms with Crippen molar-refractivity contribution < 1.29 is 4.39 Å². The lowest BCUT2D eigenvalue weighted by Gasteiger charge is -2.14. The summed E-state index contributed by atoms with van der Waals surface area (Å²) < 4.78 is 12.8. The Morgan fingerprint density at radius 3 is 2.61 bits per heavy atom. The second-order valence-electron chi connectivity index (χ2n) is 4.38. The lowest BCUT2D eigenvalue weighted by Crippen LogP contribution is -2.18. The van der Waals surface area contributed by atoms with E-state index in [9.17, 15) is 4.39 Å². The van der Waals surface area contributed by atoms with Gasteiger partial charge in [-0.3, -0.25) is 0 Å². The smallest absolute Gasteiger partial charge is 0.123 e.